The zero-order chi connectivity index (χ0) is 17.7. The number of hydrogen-bond donors (Lipinski definition) is 1. The lowest BCUT2D eigenvalue weighted by Crippen LogP contribution is -2.48. The van der Waals surface area contributed by atoms with Crippen molar-refractivity contribution in [3.8, 4) is 5.75 Å². The Morgan fingerprint density at radius 1 is 1.46 bits per heavy atom. The minimum atomic E-state index is -0.900. The molecule has 1 atom stereocenters. The molecule has 1 aromatic rings. The van der Waals surface area contributed by atoms with Crippen molar-refractivity contribution in [2.45, 2.75) is 37.8 Å². The molecule has 0 radical (unpaired) electrons. The number of likely N-dealkylation sites (tertiary alicyclic amines) is 1. The van der Waals surface area contributed by atoms with Gasteiger partial charge in [0.15, 0.2) is 0 Å². The van der Waals surface area contributed by atoms with Crippen molar-refractivity contribution in [1.29, 1.82) is 0 Å². The van der Waals surface area contributed by atoms with E-state index in [0.717, 1.165) is 13.0 Å². The first-order chi connectivity index (χ1) is 11.3. The zero-order valence-electron chi connectivity index (χ0n) is 14.7. The molecule has 6 heteroatoms. The largest absolute Gasteiger partial charge is 0.496 e. The lowest BCUT2D eigenvalue weighted by atomic mass is 9.88. The Labute approximate surface area is 143 Å². The van der Waals surface area contributed by atoms with Gasteiger partial charge in [0.1, 0.15) is 11.6 Å². The van der Waals surface area contributed by atoms with Crippen LogP contribution in [0.15, 0.2) is 18.2 Å². The fourth-order valence-corrected chi connectivity index (χ4v) is 3.22. The van der Waals surface area contributed by atoms with Crippen LogP contribution in [0, 0.1) is 5.82 Å². The van der Waals surface area contributed by atoms with Gasteiger partial charge in [0.2, 0.25) is 5.91 Å². The summed E-state index contributed by atoms with van der Waals surface area (Å²) in [5, 5.41) is 10.8. The number of aliphatic hydroxyl groups is 1. The first-order valence-corrected chi connectivity index (χ1v) is 8.31. The Balaban J connectivity index is 2.02. The molecule has 1 heterocycles. The number of rotatable bonds is 6. The average Bonchev–Trinajstić information content (AvgIpc) is 2.54. The summed E-state index contributed by atoms with van der Waals surface area (Å²) in [5.74, 6) is 0.231. The van der Waals surface area contributed by atoms with Gasteiger partial charge in [-0.25, -0.2) is 4.39 Å². The Hall–Kier alpha value is -1.66. The summed E-state index contributed by atoms with van der Waals surface area (Å²) >= 11 is 0. The SMILES string of the molecule is COc1cccc(F)c1CN1CCC[C@@](O)(CCC(=O)N(C)C)C1. The number of hydrogen-bond acceptors (Lipinski definition) is 4. The molecule has 1 N–H and O–H groups in total. The third kappa shape index (κ3) is 4.68. The van der Waals surface area contributed by atoms with Gasteiger partial charge in [-0.3, -0.25) is 9.69 Å². The molecule has 1 saturated heterocycles. The Morgan fingerprint density at radius 2 is 2.21 bits per heavy atom. The molecule has 134 valence electrons. The highest BCUT2D eigenvalue weighted by Gasteiger charge is 2.34. The second-order valence-electron chi connectivity index (χ2n) is 6.75. The van der Waals surface area contributed by atoms with Crippen LogP contribution < -0.4 is 4.74 Å². The predicted molar refractivity (Wildman–Crippen MR) is 90.3 cm³/mol. The Morgan fingerprint density at radius 3 is 2.88 bits per heavy atom. The van der Waals surface area contributed by atoms with Gasteiger partial charge in [-0.15, -0.1) is 0 Å². The highest BCUT2D eigenvalue weighted by Crippen LogP contribution is 2.29. The van der Waals surface area contributed by atoms with E-state index in [0.29, 0.717) is 43.7 Å². The molecule has 2 rings (SSSR count). The zero-order valence-corrected chi connectivity index (χ0v) is 14.7. The van der Waals surface area contributed by atoms with Crippen LogP contribution in [0.25, 0.3) is 0 Å². The second kappa shape index (κ2) is 7.94. The van der Waals surface area contributed by atoms with Crippen molar-refractivity contribution in [3.63, 3.8) is 0 Å². The number of carbonyl (C=O) groups is 1. The van der Waals surface area contributed by atoms with E-state index in [-0.39, 0.29) is 11.7 Å². The maximum atomic E-state index is 14.1. The summed E-state index contributed by atoms with van der Waals surface area (Å²) in [4.78, 5) is 15.3. The van der Waals surface area contributed by atoms with Gasteiger partial charge in [0.05, 0.1) is 12.7 Å². The number of ether oxygens (including phenoxy) is 1. The number of nitrogens with zero attached hydrogens (tertiary/aromatic N) is 2. The van der Waals surface area contributed by atoms with Gasteiger partial charge >= 0.3 is 0 Å². The molecule has 0 bridgehead atoms. The van der Waals surface area contributed by atoms with E-state index in [1.807, 2.05) is 4.90 Å². The second-order valence-corrected chi connectivity index (χ2v) is 6.75. The van der Waals surface area contributed by atoms with E-state index in [9.17, 15) is 14.3 Å². The quantitative estimate of drug-likeness (QED) is 0.862. The molecule has 5 nitrogen and oxygen atoms in total. The van der Waals surface area contributed by atoms with E-state index >= 15 is 0 Å². The number of piperidine rings is 1. The van der Waals surface area contributed by atoms with E-state index in [1.165, 1.54) is 18.1 Å². The topological polar surface area (TPSA) is 53.0 Å². The molecule has 0 aromatic heterocycles. The van der Waals surface area contributed by atoms with Gasteiger partial charge in [0.25, 0.3) is 0 Å². The Kier molecular flexibility index (Phi) is 6.18. The van der Waals surface area contributed by atoms with Crippen LogP contribution in [0.2, 0.25) is 0 Å². The standard InChI is InChI=1S/C18H27FN2O3/c1-20(2)17(22)8-10-18(23)9-5-11-21(13-18)12-14-15(19)6-4-7-16(14)24-3/h4,6-7,23H,5,8-13H2,1-3H3/t18-/m1/s1. The summed E-state index contributed by atoms with van der Waals surface area (Å²) < 4.78 is 19.4. The van der Waals surface area contributed by atoms with Crippen molar-refractivity contribution in [1.82, 2.24) is 9.80 Å². The van der Waals surface area contributed by atoms with Crippen LogP contribution in [0.3, 0.4) is 0 Å². The minimum Gasteiger partial charge on any atom is -0.496 e. The van der Waals surface area contributed by atoms with E-state index < -0.39 is 5.60 Å². The average molecular weight is 338 g/mol. The molecule has 1 aromatic carbocycles. The number of amides is 1. The Bertz CT molecular complexity index is 579. The minimum absolute atomic E-state index is 0.0105. The van der Waals surface area contributed by atoms with Crippen molar-refractivity contribution in [2.24, 2.45) is 0 Å². The third-order valence-corrected chi connectivity index (χ3v) is 4.61. The smallest absolute Gasteiger partial charge is 0.222 e. The van der Waals surface area contributed by atoms with Crippen LogP contribution in [0.5, 0.6) is 5.75 Å². The van der Waals surface area contributed by atoms with Gasteiger partial charge in [-0.2, -0.15) is 0 Å². The summed E-state index contributed by atoms with van der Waals surface area (Å²) in [6.45, 7) is 1.62. The molecule has 0 spiro atoms. The third-order valence-electron chi connectivity index (χ3n) is 4.61. The van der Waals surface area contributed by atoms with Gasteiger partial charge in [-0.05, 0) is 37.9 Å². The van der Waals surface area contributed by atoms with Crippen LogP contribution in [-0.4, -0.2) is 60.7 Å². The van der Waals surface area contributed by atoms with Crippen LogP contribution in [0.1, 0.15) is 31.2 Å². The van der Waals surface area contributed by atoms with Crippen LogP contribution in [-0.2, 0) is 11.3 Å². The normalized spacial score (nSPS) is 21.5. The summed E-state index contributed by atoms with van der Waals surface area (Å²) in [6, 6.07) is 4.78. The molecular weight excluding hydrogens is 311 g/mol. The maximum absolute atomic E-state index is 14.1. The van der Waals surface area contributed by atoms with Crippen molar-refractivity contribution >= 4 is 5.91 Å². The summed E-state index contributed by atoms with van der Waals surface area (Å²) in [7, 11) is 4.95. The van der Waals surface area contributed by atoms with E-state index in [2.05, 4.69) is 0 Å². The van der Waals surface area contributed by atoms with Gasteiger partial charge in [-0.1, -0.05) is 6.07 Å². The lowest BCUT2D eigenvalue weighted by molar-refractivity contribution is -0.130. The molecule has 24 heavy (non-hydrogen) atoms. The molecule has 1 amide bonds. The monoisotopic (exact) mass is 338 g/mol. The van der Waals surface area contributed by atoms with Crippen molar-refractivity contribution < 1.29 is 19.0 Å². The molecule has 1 aliphatic rings. The summed E-state index contributed by atoms with van der Waals surface area (Å²) in [5.41, 5.74) is -0.392. The predicted octanol–water partition coefficient (Wildman–Crippen LogP) is 2.03. The molecule has 1 aliphatic heterocycles. The van der Waals surface area contributed by atoms with Crippen molar-refractivity contribution in [3.05, 3.63) is 29.6 Å². The van der Waals surface area contributed by atoms with Gasteiger partial charge < -0.3 is 14.7 Å². The maximum Gasteiger partial charge on any atom is 0.222 e. The summed E-state index contributed by atoms with van der Waals surface area (Å²) in [6.07, 6.45) is 2.23. The number of benzene rings is 1. The number of β-amino-alcohol motifs (C(OH)–C–C–N with tert-alkyl or cyclic N) is 1. The number of carbonyl (C=O) groups excluding carboxylic acids is 1. The molecule has 1 fully saturated rings. The van der Waals surface area contributed by atoms with E-state index in [4.69, 9.17) is 4.74 Å². The number of methoxy groups -OCH3 is 1. The van der Waals surface area contributed by atoms with Crippen LogP contribution >= 0.6 is 0 Å². The fraction of sp³-hybridized carbons (Fsp3) is 0.611. The van der Waals surface area contributed by atoms with Crippen molar-refractivity contribution in [2.75, 3.05) is 34.3 Å². The highest BCUT2D eigenvalue weighted by atomic mass is 19.1. The molecule has 0 unspecified atom stereocenters. The lowest BCUT2D eigenvalue weighted by Gasteiger charge is -2.39. The number of halogens is 1. The van der Waals surface area contributed by atoms with Crippen LogP contribution in [0.4, 0.5) is 4.39 Å². The first kappa shape index (κ1) is 18.7. The first-order valence-electron chi connectivity index (χ1n) is 8.31. The van der Waals surface area contributed by atoms with E-state index in [1.54, 1.807) is 26.2 Å². The van der Waals surface area contributed by atoms with Gasteiger partial charge in [0, 0.05) is 39.2 Å². The molecular formula is C18H27FN2O3. The molecule has 0 aliphatic carbocycles. The highest BCUT2D eigenvalue weighted by molar-refractivity contribution is 5.75. The molecule has 0 saturated carbocycles. The fourth-order valence-electron chi connectivity index (χ4n) is 3.22.